The molecule has 0 fully saturated rings. The number of carbonyl (C=O) groups excluding carboxylic acids is 2. The number of rotatable bonds is 5. The fourth-order valence-corrected chi connectivity index (χ4v) is 2.81. The van der Waals surface area contributed by atoms with Crippen LogP contribution >= 0.6 is 0 Å². The molecule has 35 heavy (non-hydrogen) atoms. The lowest BCUT2D eigenvalue weighted by molar-refractivity contribution is -0.137. The summed E-state index contributed by atoms with van der Waals surface area (Å²) in [6.07, 6.45) is -0.708. The monoisotopic (exact) mass is 483 g/mol. The van der Waals surface area contributed by atoms with Gasteiger partial charge in [-0.1, -0.05) is 24.8 Å². The van der Waals surface area contributed by atoms with Gasteiger partial charge in [0.25, 0.3) is 11.8 Å². The summed E-state index contributed by atoms with van der Waals surface area (Å²) in [6.45, 7) is 5.39. The van der Waals surface area contributed by atoms with Gasteiger partial charge in [0.15, 0.2) is 5.96 Å². The molecular weight excluding hydrogens is 459 g/mol. The highest BCUT2D eigenvalue weighted by Gasteiger charge is 2.31. The van der Waals surface area contributed by atoms with Crippen molar-refractivity contribution in [1.29, 1.82) is 0 Å². The predicted octanol–water partition coefficient (Wildman–Crippen LogP) is 3.90. The van der Waals surface area contributed by atoms with E-state index in [0.717, 1.165) is 12.1 Å². The van der Waals surface area contributed by atoms with E-state index in [9.17, 15) is 22.8 Å². The molecular formula is C25H24F3N5O2. The Morgan fingerprint density at radius 1 is 1.09 bits per heavy atom. The zero-order valence-corrected chi connectivity index (χ0v) is 19.3. The second-order valence-electron chi connectivity index (χ2n) is 7.27. The van der Waals surface area contributed by atoms with Crippen molar-refractivity contribution in [2.45, 2.75) is 33.4 Å². The van der Waals surface area contributed by atoms with E-state index < -0.39 is 29.5 Å². The smallest absolute Gasteiger partial charge is 0.370 e. The van der Waals surface area contributed by atoms with Gasteiger partial charge >= 0.3 is 6.18 Å². The lowest BCUT2D eigenvalue weighted by Gasteiger charge is -2.09. The first-order valence-electron chi connectivity index (χ1n) is 10.4. The quantitative estimate of drug-likeness (QED) is 0.339. The van der Waals surface area contributed by atoms with Gasteiger partial charge in [0.1, 0.15) is 5.82 Å². The van der Waals surface area contributed by atoms with Crippen molar-refractivity contribution in [2.24, 2.45) is 21.5 Å². The number of alkyl halides is 3. The number of aliphatic imine (C=N–C) groups is 2. The largest absolute Gasteiger partial charge is 0.416 e. The number of allylic oxidation sites excluding steroid dienone is 1. The Kier molecular flexibility index (Phi) is 8.94. The maximum Gasteiger partial charge on any atom is 0.416 e. The molecule has 2 aromatic carbocycles. The van der Waals surface area contributed by atoms with E-state index in [4.69, 9.17) is 11.5 Å². The summed E-state index contributed by atoms with van der Waals surface area (Å²) in [5.74, 6) is 3.71. The highest BCUT2D eigenvalue weighted by Crippen LogP contribution is 2.30. The molecule has 0 bridgehead atoms. The van der Waals surface area contributed by atoms with E-state index in [2.05, 4.69) is 27.1 Å². The van der Waals surface area contributed by atoms with Crippen molar-refractivity contribution in [3.63, 3.8) is 0 Å². The van der Waals surface area contributed by atoms with E-state index in [1.807, 2.05) is 6.92 Å². The summed E-state index contributed by atoms with van der Waals surface area (Å²) in [4.78, 5) is 32.2. The number of nitrogens with zero attached hydrogens (tertiary/aromatic N) is 2. The third-order valence-corrected chi connectivity index (χ3v) is 4.50. The Hall–Kier alpha value is -4.39. The summed E-state index contributed by atoms with van der Waals surface area (Å²) in [5.41, 5.74) is 10.2. The minimum atomic E-state index is -4.72. The number of nitrogens with one attached hydrogen (secondary N) is 1. The molecule has 0 radical (unpaired) electrons. The molecule has 0 heterocycles. The average Bonchev–Trinajstić information content (AvgIpc) is 2.79. The first-order chi connectivity index (χ1) is 16.4. The molecule has 5 N–H and O–H groups in total. The fraction of sp³-hybridized carbons (Fsp3) is 0.200. The molecule has 0 saturated carbocycles. The molecule has 0 atom stereocenters. The Morgan fingerprint density at radius 3 is 2.37 bits per heavy atom. The van der Waals surface area contributed by atoms with E-state index in [1.54, 1.807) is 38.3 Å². The van der Waals surface area contributed by atoms with Crippen LogP contribution in [0.3, 0.4) is 0 Å². The van der Waals surface area contributed by atoms with Gasteiger partial charge in [-0.05, 0) is 62.2 Å². The van der Waals surface area contributed by atoms with Crippen LogP contribution in [0.1, 0.15) is 63.2 Å². The number of guanidine groups is 1. The maximum absolute atomic E-state index is 13.3. The number of aryl methyl sites for hydroxylation is 1. The first kappa shape index (κ1) is 26.9. The van der Waals surface area contributed by atoms with Crippen molar-refractivity contribution in [3.8, 4) is 11.8 Å². The molecule has 0 saturated heterocycles. The van der Waals surface area contributed by atoms with Gasteiger partial charge in [-0.15, -0.1) is 0 Å². The van der Waals surface area contributed by atoms with Crippen LogP contribution < -0.4 is 16.8 Å². The van der Waals surface area contributed by atoms with Crippen LogP contribution in [-0.4, -0.2) is 24.0 Å². The van der Waals surface area contributed by atoms with Crippen molar-refractivity contribution in [2.75, 3.05) is 0 Å². The van der Waals surface area contributed by atoms with Crippen LogP contribution in [-0.2, 0) is 6.18 Å². The average molecular weight is 483 g/mol. The molecule has 0 spiro atoms. The van der Waals surface area contributed by atoms with Crippen molar-refractivity contribution >= 4 is 24.0 Å². The molecule has 182 valence electrons. The van der Waals surface area contributed by atoms with E-state index in [1.165, 1.54) is 6.07 Å². The lowest BCUT2D eigenvalue weighted by Crippen LogP contribution is -2.24. The maximum atomic E-state index is 13.3. The van der Waals surface area contributed by atoms with Crippen molar-refractivity contribution in [3.05, 3.63) is 81.7 Å². The predicted molar refractivity (Wildman–Crippen MR) is 129 cm³/mol. The zero-order valence-electron chi connectivity index (χ0n) is 19.3. The lowest BCUT2D eigenvalue weighted by atomic mass is 10.0. The van der Waals surface area contributed by atoms with Gasteiger partial charge in [0, 0.05) is 28.5 Å². The van der Waals surface area contributed by atoms with Crippen LogP contribution in [0, 0.1) is 18.8 Å². The highest BCUT2D eigenvalue weighted by atomic mass is 19.4. The molecule has 0 aliphatic heterocycles. The summed E-state index contributed by atoms with van der Waals surface area (Å²) < 4.78 is 40.0. The molecule has 0 aliphatic carbocycles. The number of hydrogen-bond acceptors (Lipinski definition) is 3. The van der Waals surface area contributed by atoms with Gasteiger partial charge in [0.05, 0.1) is 5.56 Å². The van der Waals surface area contributed by atoms with E-state index in [-0.39, 0.29) is 11.1 Å². The molecule has 2 rings (SSSR count). The molecule has 2 aromatic rings. The van der Waals surface area contributed by atoms with Crippen LogP contribution in [0.4, 0.5) is 13.2 Å². The first-order valence-corrected chi connectivity index (χ1v) is 10.4. The van der Waals surface area contributed by atoms with Gasteiger partial charge in [-0.25, -0.2) is 4.99 Å². The minimum Gasteiger partial charge on any atom is -0.370 e. The van der Waals surface area contributed by atoms with Crippen molar-refractivity contribution in [1.82, 2.24) is 5.32 Å². The molecule has 10 heteroatoms. The normalized spacial score (nSPS) is 11.5. The number of carbonyl (C=O) groups is 2. The third kappa shape index (κ3) is 7.85. The Labute approximate surface area is 200 Å². The highest BCUT2D eigenvalue weighted by molar-refractivity contribution is 6.02. The minimum absolute atomic E-state index is 0.0781. The number of halogens is 3. The van der Waals surface area contributed by atoms with E-state index in [0.29, 0.717) is 35.0 Å². The molecule has 7 nitrogen and oxygen atoms in total. The van der Waals surface area contributed by atoms with Crippen molar-refractivity contribution < 1.29 is 22.8 Å². The summed E-state index contributed by atoms with van der Waals surface area (Å²) in [7, 11) is 0. The summed E-state index contributed by atoms with van der Waals surface area (Å²) in [6, 6.07) is 7.43. The van der Waals surface area contributed by atoms with Crippen LogP contribution in [0.15, 0.2) is 58.3 Å². The topological polar surface area (TPSA) is 123 Å². The fourth-order valence-electron chi connectivity index (χ4n) is 2.81. The standard InChI is InChI=1S/C25H24F3N5O2/c1-4-10-31-21(5-2)32-23(35)20-13-16(7-6-15(20)3)8-9-17-11-18(22(34)33-24(29)30)14-19(12-17)25(26,27)28/h5-7,10-14H,4H2,1-3H3,(H,32,35)(H4,29,30,33,34)/b21-5+,31-10-. The second-order valence-corrected chi connectivity index (χ2v) is 7.27. The van der Waals surface area contributed by atoms with Crippen LogP contribution in [0.25, 0.3) is 0 Å². The third-order valence-electron chi connectivity index (χ3n) is 4.50. The molecule has 2 amide bonds. The molecule has 0 aliphatic rings. The van der Waals surface area contributed by atoms with Gasteiger partial charge in [-0.2, -0.15) is 18.2 Å². The Balaban J connectivity index is 2.44. The molecule has 0 aromatic heterocycles. The zero-order chi connectivity index (χ0) is 26.2. The number of benzene rings is 2. The summed E-state index contributed by atoms with van der Waals surface area (Å²) >= 11 is 0. The van der Waals surface area contributed by atoms with Gasteiger partial charge < -0.3 is 16.8 Å². The summed E-state index contributed by atoms with van der Waals surface area (Å²) in [5, 5.41) is 2.70. The Morgan fingerprint density at radius 2 is 1.77 bits per heavy atom. The second kappa shape index (κ2) is 11.7. The van der Waals surface area contributed by atoms with Gasteiger partial charge in [-0.3, -0.25) is 9.59 Å². The SMILES string of the molecule is C/C=C(\N=C/CC)NC(=O)c1cc(C#Cc2cc(C(=O)N=C(N)N)cc(C(F)(F)F)c2)ccc1C. The molecule has 0 unspecified atom stereocenters. The number of nitrogens with two attached hydrogens (primary N) is 2. The van der Waals surface area contributed by atoms with Gasteiger partial charge in [0.2, 0.25) is 0 Å². The van der Waals surface area contributed by atoms with Crippen LogP contribution in [0.2, 0.25) is 0 Å². The number of amides is 2. The van der Waals surface area contributed by atoms with E-state index >= 15 is 0 Å². The van der Waals surface area contributed by atoms with Crippen LogP contribution in [0.5, 0.6) is 0 Å². The Bertz CT molecular complexity index is 1280. The number of hydrogen-bond donors (Lipinski definition) is 3.